The van der Waals surface area contributed by atoms with Crippen LogP contribution in [0.15, 0.2) is 0 Å². The molecule has 1 aliphatic heterocycles. The molecule has 146 valence electrons. The summed E-state index contributed by atoms with van der Waals surface area (Å²) in [4.78, 5) is 32.6. The second kappa shape index (κ2) is 10.1. The Morgan fingerprint density at radius 3 is 1.68 bits per heavy atom. The van der Waals surface area contributed by atoms with Crippen molar-refractivity contribution in [2.75, 3.05) is 73.0 Å². The van der Waals surface area contributed by atoms with Crippen molar-refractivity contribution in [1.82, 2.24) is 24.9 Å². The predicted octanol–water partition coefficient (Wildman–Crippen LogP) is -0.0712. The summed E-state index contributed by atoms with van der Waals surface area (Å²) in [6.07, 6.45) is 0. The number of amides is 2. The fraction of sp³-hybridized carbons (Fsp3) is 0.889. The van der Waals surface area contributed by atoms with E-state index in [2.05, 4.69) is 34.1 Å². The number of carbonyl (C=O) groups is 2. The topological polar surface area (TPSA) is 59.1 Å². The van der Waals surface area contributed by atoms with Crippen molar-refractivity contribution >= 4 is 11.8 Å². The summed E-state index contributed by atoms with van der Waals surface area (Å²) in [5.74, 6) is 0.215. The fourth-order valence-electron chi connectivity index (χ4n) is 2.79. The third-order valence-corrected chi connectivity index (χ3v) is 4.43. The van der Waals surface area contributed by atoms with E-state index in [4.69, 9.17) is 0 Å². The lowest BCUT2D eigenvalue weighted by Crippen LogP contribution is -2.49. The molecule has 1 aliphatic rings. The fourth-order valence-corrected chi connectivity index (χ4v) is 2.79. The van der Waals surface area contributed by atoms with Gasteiger partial charge in [0.2, 0.25) is 11.8 Å². The molecular formula is C18H37N5O2. The molecule has 0 atom stereocenters. The summed E-state index contributed by atoms with van der Waals surface area (Å²) >= 11 is 0. The van der Waals surface area contributed by atoms with Crippen LogP contribution in [-0.4, -0.2) is 110 Å². The van der Waals surface area contributed by atoms with Crippen molar-refractivity contribution in [3.63, 3.8) is 0 Å². The number of hydrogen-bond donors (Lipinski definition) is 1. The van der Waals surface area contributed by atoms with Crippen LogP contribution < -0.4 is 5.32 Å². The highest BCUT2D eigenvalue weighted by molar-refractivity contribution is 5.78. The maximum atomic E-state index is 12.3. The number of rotatable bonds is 2. The van der Waals surface area contributed by atoms with Crippen LogP contribution in [0.4, 0.5) is 0 Å². The highest BCUT2D eigenvalue weighted by atomic mass is 16.2. The van der Waals surface area contributed by atoms with E-state index in [-0.39, 0.29) is 17.4 Å². The van der Waals surface area contributed by atoms with Crippen molar-refractivity contribution in [2.24, 2.45) is 0 Å². The van der Waals surface area contributed by atoms with Crippen LogP contribution in [0.2, 0.25) is 0 Å². The quantitative estimate of drug-likeness (QED) is 0.751. The molecule has 7 nitrogen and oxygen atoms in total. The minimum atomic E-state index is -0.201. The highest BCUT2D eigenvalue weighted by Gasteiger charge is 2.19. The number of hydrogen-bond acceptors (Lipinski definition) is 5. The molecule has 1 N–H and O–H groups in total. The Balaban J connectivity index is 2.63. The van der Waals surface area contributed by atoms with Gasteiger partial charge < -0.3 is 20.0 Å². The standard InChI is InChI=1S/C18H37N5O2/c1-16(24)23-13-9-20(5)7-11-22(12-8-21(6)10-14-23)15-17(25)19-18(2,3)4/h7-15H2,1-6H3,(H,19,25). The average Bonchev–Trinajstić information content (AvgIpc) is 2.46. The Kier molecular flexibility index (Phi) is 8.82. The Labute approximate surface area is 153 Å². The summed E-state index contributed by atoms with van der Waals surface area (Å²) in [7, 11) is 4.15. The van der Waals surface area contributed by atoms with Gasteiger partial charge in [0.05, 0.1) is 6.54 Å². The Bertz CT molecular complexity index is 418. The molecule has 0 aromatic carbocycles. The van der Waals surface area contributed by atoms with Gasteiger partial charge in [0.25, 0.3) is 0 Å². The molecule has 0 unspecified atom stereocenters. The first-order valence-corrected chi connectivity index (χ1v) is 9.23. The Morgan fingerprint density at radius 1 is 0.840 bits per heavy atom. The molecule has 2 amide bonds. The van der Waals surface area contributed by atoms with Crippen LogP contribution >= 0.6 is 0 Å². The Hall–Kier alpha value is -1.18. The van der Waals surface area contributed by atoms with E-state index in [0.29, 0.717) is 6.54 Å². The normalized spacial score (nSPS) is 20.6. The summed E-state index contributed by atoms with van der Waals surface area (Å²) in [6.45, 7) is 14.8. The molecule has 7 heteroatoms. The molecule has 1 saturated heterocycles. The molecule has 0 aliphatic carbocycles. The first kappa shape index (κ1) is 21.9. The van der Waals surface area contributed by atoms with Gasteiger partial charge >= 0.3 is 0 Å². The van der Waals surface area contributed by atoms with E-state index in [1.54, 1.807) is 6.92 Å². The number of nitrogens with zero attached hydrogens (tertiary/aromatic N) is 4. The van der Waals surface area contributed by atoms with Gasteiger partial charge in [-0.05, 0) is 34.9 Å². The molecule has 1 rings (SSSR count). The summed E-state index contributed by atoms with van der Waals surface area (Å²) in [6, 6.07) is 0. The van der Waals surface area contributed by atoms with Crippen molar-refractivity contribution in [3.8, 4) is 0 Å². The van der Waals surface area contributed by atoms with Gasteiger partial charge in [-0.2, -0.15) is 0 Å². The van der Waals surface area contributed by atoms with Crippen LogP contribution in [0.25, 0.3) is 0 Å². The highest BCUT2D eigenvalue weighted by Crippen LogP contribution is 2.01. The second-order valence-electron chi connectivity index (χ2n) is 8.19. The van der Waals surface area contributed by atoms with Gasteiger partial charge in [0, 0.05) is 64.8 Å². The lowest BCUT2D eigenvalue weighted by atomic mass is 10.1. The zero-order valence-corrected chi connectivity index (χ0v) is 17.0. The predicted molar refractivity (Wildman–Crippen MR) is 102 cm³/mol. The molecule has 0 saturated carbocycles. The third-order valence-electron chi connectivity index (χ3n) is 4.43. The van der Waals surface area contributed by atoms with E-state index < -0.39 is 0 Å². The lowest BCUT2D eigenvalue weighted by molar-refractivity contribution is -0.129. The molecular weight excluding hydrogens is 318 g/mol. The minimum absolute atomic E-state index is 0.0765. The van der Waals surface area contributed by atoms with Crippen LogP contribution in [0, 0.1) is 0 Å². The van der Waals surface area contributed by atoms with E-state index in [1.165, 1.54) is 0 Å². The van der Waals surface area contributed by atoms with E-state index >= 15 is 0 Å². The first-order chi connectivity index (χ1) is 11.6. The molecule has 1 heterocycles. The second-order valence-corrected chi connectivity index (χ2v) is 8.19. The van der Waals surface area contributed by atoms with Crippen molar-refractivity contribution in [1.29, 1.82) is 0 Å². The maximum Gasteiger partial charge on any atom is 0.234 e. The maximum absolute atomic E-state index is 12.3. The zero-order valence-electron chi connectivity index (χ0n) is 17.0. The molecule has 0 radical (unpaired) electrons. The van der Waals surface area contributed by atoms with Gasteiger partial charge in [0.15, 0.2) is 0 Å². The molecule has 25 heavy (non-hydrogen) atoms. The molecule has 0 bridgehead atoms. The van der Waals surface area contributed by atoms with Crippen LogP contribution in [-0.2, 0) is 9.59 Å². The van der Waals surface area contributed by atoms with Gasteiger partial charge in [-0.1, -0.05) is 0 Å². The van der Waals surface area contributed by atoms with E-state index in [0.717, 1.165) is 52.4 Å². The molecule has 0 aromatic rings. The number of likely N-dealkylation sites (N-methyl/N-ethyl adjacent to an activating group) is 2. The van der Waals surface area contributed by atoms with Crippen LogP contribution in [0.3, 0.4) is 0 Å². The molecule has 0 aromatic heterocycles. The zero-order chi connectivity index (χ0) is 19.0. The van der Waals surface area contributed by atoms with Gasteiger partial charge in [0.1, 0.15) is 0 Å². The SMILES string of the molecule is CC(=O)N1CCN(C)CCN(CC(=O)NC(C)(C)C)CCN(C)CC1. The first-order valence-electron chi connectivity index (χ1n) is 9.23. The minimum Gasteiger partial charge on any atom is -0.350 e. The lowest BCUT2D eigenvalue weighted by Gasteiger charge is -2.32. The number of nitrogens with one attached hydrogen (secondary N) is 1. The van der Waals surface area contributed by atoms with Gasteiger partial charge in [-0.3, -0.25) is 14.5 Å². The van der Waals surface area contributed by atoms with Crippen molar-refractivity contribution in [2.45, 2.75) is 33.2 Å². The van der Waals surface area contributed by atoms with Crippen molar-refractivity contribution < 1.29 is 9.59 Å². The van der Waals surface area contributed by atoms with Crippen LogP contribution in [0.1, 0.15) is 27.7 Å². The summed E-state index contributed by atoms with van der Waals surface area (Å²) in [5, 5.41) is 3.04. The number of carbonyl (C=O) groups excluding carboxylic acids is 2. The van der Waals surface area contributed by atoms with Crippen LogP contribution in [0.5, 0.6) is 0 Å². The van der Waals surface area contributed by atoms with E-state index in [9.17, 15) is 9.59 Å². The summed E-state index contributed by atoms with van der Waals surface area (Å²) < 4.78 is 0. The third kappa shape index (κ3) is 9.77. The van der Waals surface area contributed by atoms with Crippen molar-refractivity contribution in [3.05, 3.63) is 0 Å². The average molecular weight is 356 g/mol. The smallest absolute Gasteiger partial charge is 0.234 e. The van der Waals surface area contributed by atoms with E-state index in [1.807, 2.05) is 25.7 Å². The molecule has 0 spiro atoms. The largest absolute Gasteiger partial charge is 0.350 e. The van der Waals surface area contributed by atoms with Gasteiger partial charge in [-0.25, -0.2) is 0 Å². The van der Waals surface area contributed by atoms with Gasteiger partial charge in [-0.15, -0.1) is 0 Å². The Morgan fingerprint density at radius 2 is 1.28 bits per heavy atom. The monoisotopic (exact) mass is 355 g/mol. The summed E-state index contributed by atoms with van der Waals surface area (Å²) in [5.41, 5.74) is -0.201. The molecule has 1 fully saturated rings.